The smallest absolute Gasteiger partial charge is 0.0349 e. The third-order valence-corrected chi connectivity index (χ3v) is 9.74. The quantitative estimate of drug-likeness (QED) is 0.503. The maximum absolute atomic E-state index is 2.65. The Balaban J connectivity index is 1.43. The van der Waals surface area contributed by atoms with Crippen molar-refractivity contribution >= 4 is 0 Å². The van der Waals surface area contributed by atoms with Crippen LogP contribution in [0.5, 0.6) is 0 Å². The molecule has 0 aromatic rings. The van der Waals surface area contributed by atoms with Crippen LogP contribution in [0, 0.1) is 59.2 Å². The summed E-state index contributed by atoms with van der Waals surface area (Å²) in [5.74, 6) is 11.2. The Kier molecular flexibility index (Phi) is 3.42. The summed E-state index contributed by atoms with van der Waals surface area (Å²) in [6.07, 6.45) is 15.8. The number of hydrogen-bond donors (Lipinski definition) is 0. The minimum Gasteiger partial charge on any atom is -0.0620 e. The highest BCUT2D eigenvalue weighted by Gasteiger charge is 2.58. The second-order valence-electron chi connectivity index (χ2n) is 10.1. The molecule has 0 radical (unpaired) electrons. The predicted octanol–water partition coefficient (Wildman–Crippen LogP) is 6.16. The molecule has 0 heterocycles. The fourth-order valence-corrected chi connectivity index (χ4v) is 8.90. The minimum atomic E-state index is 1.06. The first-order valence-electron chi connectivity index (χ1n) is 10.8. The van der Waals surface area contributed by atoms with Gasteiger partial charge in [0, 0.05) is 0 Å². The van der Waals surface area contributed by atoms with Crippen LogP contribution in [0.25, 0.3) is 0 Å². The molecule has 0 nitrogen and oxygen atoms in total. The lowest BCUT2D eigenvalue weighted by Gasteiger charge is -2.41. The van der Waals surface area contributed by atoms with Crippen LogP contribution in [0.2, 0.25) is 0 Å². The van der Waals surface area contributed by atoms with Crippen molar-refractivity contribution in [2.24, 2.45) is 59.2 Å². The van der Waals surface area contributed by atoms with Crippen LogP contribution in [0.1, 0.15) is 78.1 Å². The van der Waals surface area contributed by atoms with Crippen LogP contribution >= 0.6 is 0 Å². The van der Waals surface area contributed by atoms with Gasteiger partial charge in [-0.1, -0.05) is 39.5 Å². The summed E-state index contributed by atoms with van der Waals surface area (Å²) < 4.78 is 0. The first-order valence-corrected chi connectivity index (χ1v) is 10.8. The van der Waals surface area contributed by atoms with Crippen molar-refractivity contribution < 1.29 is 0 Å². The molecule has 0 heteroatoms. The second kappa shape index (κ2) is 5.25. The average molecular weight is 301 g/mol. The topological polar surface area (TPSA) is 0 Å². The summed E-state index contributed by atoms with van der Waals surface area (Å²) in [5, 5.41) is 0. The molecule has 0 aliphatic heterocycles. The van der Waals surface area contributed by atoms with Gasteiger partial charge in [-0.15, -0.1) is 0 Å². The van der Waals surface area contributed by atoms with Crippen molar-refractivity contribution in [3.05, 3.63) is 0 Å². The van der Waals surface area contributed by atoms with E-state index < -0.39 is 0 Å². The first kappa shape index (κ1) is 14.4. The summed E-state index contributed by atoms with van der Waals surface area (Å²) in [4.78, 5) is 0. The highest BCUT2D eigenvalue weighted by atomic mass is 14.6. The number of hydrogen-bond acceptors (Lipinski definition) is 0. The zero-order chi connectivity index (χ0) is 14.8. The molecular weight excluding hydrogens is 264 g/mol. The van der Waals surface area contributed by atoms with Crippen LogP contribution < -0.4 is 0 Å². The Labute approximate surface area is 137 Å². The zero-order valence-corrected chi connectivity index (χ0v) is 14.8. The number of fused-ring (bicyclic) bond motifs is 6. The molecule has 0 aromatic carbocycles. The van der Waals surface area contributed by atoms with Gasteiger partial charge >= 0.3 is 0 Å². The van der Waals surface area contributed by atoms with Crippen molar-refractivity contribution in [1.29, 1.82) is 0 Å². The average Bonchev–Trinajstić information content (AvgIpc) is 3.01. The van der Waals surface area contributed by atoms with Crippen LogP contribution in [0.4, 0.5) is 0 Å². The second-order valence-corrected chi connectivity index (χ2v) is 10.1. The standard InChI is InChI=1S/C22H36/c1-13-15-7-3-5-9-17(15)21-12-22-18-10-6-4-8-16(18)14(2)20(22)11-19(13)21/h13-22H,3-12H2,1-2H3. The molecule has 0 saturated heterocycles. The normalized spacial score (nSPS) is 60.3. The molecule has 0 amide bonds. The van der Waals surface area contributed by atoms with E-state index in [1.54, 1.807) is 64.2 Å². The van der Waals surface area contributed by atoms with Gasteiger partial charge in [-0.05, 0) is 97.7 Å². The van der Waals surface area contributed by atoms with Gasteiger partial charge in [-0.3, -0.25) is 0 Å². The van der Waals surface area contributed by atoms with Crippen LogP contribution in [-0.2, 0) is 0 Å². The highest BCUT2D eigenvalue weighted by Crippen LogP contribution is 2.65. The maximum Gasteiger partial charge on any atom is -0.0349 e. The van der Waals surface area contributed by atoms with Crippen molar-refractivity contribution in [2.45, 2.75) is 78.1 Å². The van der Waals surface area contributed by atoms with Crippen LogP contribution in [0.15, 0.2) is 0 Å². The van der Waals surface area contributed by atoms with E-state index in [0.29, 0.717) is 0 Å². The van der Waals surface area contributed by atoms with E-state index in [2.05, 4.69) is 13.8 Å². The Morgan fingerprint density at radius 1 is 0.409 bits per heavy atom. The fraction of sp³-hybridized carbons (Fsp3) is 1.00. The lowest BCUT2D eigenvalue weighted by atomic mass is 9.64. The van der Waals surface area contributed by atoms with E-state index in [4.69, 9.17) is 0 Å². The van der Waals surface area contributed by atoms with E-state index >= 15 is 0 Å². The molecule has 0 bridgehead atoms. The van der Waals surface area contributed by atoms with E-state index in [9.17, 15) is 0 Å². The van der Waals surface area contributed by atoms with Crippen molar-refractivity contribution in [2.75, 3.05) is 0 Å². The van der Waals surface area contributed by atoms with Crippen LogP contribution in [-0.4, -0.2) is 0 Å². The largest absolute Gasteiger partial charge is 0.0620 e. The molecule has 10 atom stereocenters. The summed E-state index contributed by atoms with van der Waals surface area (Å²) >= 11 is 0. The molecule has 0 spiro atoms. The summed E-state index contributed by atoms with van der Waals surface area (Å²) in [6, 6.07) is 0. The molecule has 10 unspecified atom stereocenters. The molecule has 22 heavy (non-hydrogen) atoms. The zero-order valence-electron chi connectivity index (χ0n) is 14.8. The Morgan fingerprint density at radius 2 is 0.773 bits per heavy atom. The molecule has 5 rings (SSSR count). The SMILES string of the molecule is CC1C2CCCCC2C2CC3C(CC12)C(C)C1CCCCC13. The van der Waals surface area contributed by atoms with Gasteiger partial charge in [-0.2, -0.15) is 0 Å². The van der Waals surface area contributed by atoms with Crippen molar-refractivity contribution in [3.63, 3.8) is 0 Å². The molecule has 5 saturated carbocycles. The molecule has 124 valence electrons. The van der Waals surface area contributed by atoms with E-state index in [1.165, 1.54) is 0 Å². The molecule has 0 aromatic heterocycles. The van der Waals surface area contributed by atoms with Gasteiger partial charge in [0.1, 0.15) is 0 Å². The number of rotatable bonds is 0. The van der Waals surface area contributed by atoms with E-state index in [-0.39, 0.29) is 0 Å². The highest BCUT2D eigenvalue weighted by molar-refractivity contribution is 5.07. The van der Waals surface area contributed by atoms with E-state index in [1.807, 2.05) is 0 Å². The van der Waals surface area contributed by atoms with Gasteiger partial charge in [-0.25, -0.2) is 0 Å². The lowest BCUT2D eigenvalue weighted by Crippen LogP contribution is -2.34. The Hall–Kier alpha value is 0. The minimum absolute atomic E-state index is 1.06. The summed E-state index contributed by atoms with van der Waals surface area (Å²) in [5.41, 5.74) is 0. The monoisotopic (exact) mass is 300 g/mol. The summed E-state index contributed by atoms with van der Waals surface area (Å²) in [7, 11) is 0. The van der Waals surface area contributed by atoms with Crippen molar-refractivity contribution in [1.82, 2.24) is 0 Å². The predicted molar refractivity (Wildman–Crippen MR) is 92.4 cm³/mol. The lowest BCUT2D eigenvalue weighted by molar-refractivity contribution is 0.0757. The van der Waals surface area contributed by atoms with Crippen LogP contribution in [0.3, 0.4) is 0 Å². The Bertz CT molecular complexity index is 388. The van der Waals surface area contributed by atoms with Gasteiger partial charge in [0.15, 0.2) is 0 Å². The third-order valence-electron chi connectivity index (χ3n) is 9.74. The van der Waals surface area contributed by atoms with Gasteiger partial charge in [0.25, 0.3) is 0 Å². The summed E-state index contributed by atoms with van der Waals surface area (Å²) in [6.45, 7) is 5.31. The maximum atomic E-state index is 2.65. The van der Waals surface area contributed by atoms with Gasteiger partial charge in [0.2, 0.25) is 0 Å². The van der Waals surface area contributed by atoms with E-state index in [0.717, 1.165) is 59.2 Å². The van der Waals surface area contributed by atoms with Gasteiger partial charge < -0.3 is 0 Å². The molecule has 5 fully saturated rings. The van der Waals surface area contributed by atoms with Crippen molar-refractivity contribution in [3.8, 4) is 0 Å². The molecule has 5 aliphatic carbocycles. The first-order chi connectivity index (χ1) is 10.8. The molecule has 0 N–H and O–H groups in total. The fourth-order valence-electron chi connectivity index (χ4n) is 8.90. The molecule has 5 aliphatic rings. The Morgan fingerprint density at radius 3 is 1.23 bits per heavy atom. The molecular formula is C22H36. The van der Waals surface area contributed by atoms with Gasteiger partial charge in [0.05, 0.1) is 0 Å². The third kappa shape index (κ3) is 1.88.